The van der Waals surface area contributed by atoms with Gasteiger partial charge in [-0.25, -0.2) is 9.50 Å². The minimum absolute atomic E-state index is 0.0471. The van der Waals surface area contributed by atoms with E-state index >= 15 is 0 Å². The van der Waals surface area contributed by atoms with Crippen LogP contribution in [-0.4, -0.2) is 36.1 Å². The second-order valence-corrected chi connectivity index (χ2v) is 5.59. The van der Waals surface area contributed by atoms with Crippen LogP contribution in [0.3, 0.4) is 0 Å². The van der Waals surface area contributed by atoms with Crippen molar-refractivity contribution < 1.29 is 9.59 Å². The highest BCUT2D eigenvalue weighted by molar-refractivity contribution is 5.96. The third-order valence-electron chi connectivity index (χ3n) is 3.86. The molecule has 0 spiro atoms. The Balaban J connectivity index is 1.68. The fraction of sp³-hybridized carbons (Fsp3) is 0.312. The van der Waals surface area contributed by atoms with Crippen LogP contribution in [-0.2, 0) is 17.9 Å². The van der Waals surface area contributed by atoms with Crippen LogP contribution in [0.25, 0.3) is 5.65 Å². The highest BCUT2D eigenvalue weighted by Gasteiger charge is 2.17. The van der Waals surface area contributed by atoms with Crippen molar-refractivity contribution in [1.82, 2.24) is 29.7 Å². The topological polar surface area (TPSA) is 94.2 Å². The van der Waals surface area contributed by atoms with Crippen LogP contribution in [0.15, 0.2) is 24.7 Å². The SMILES string of the molecule is CC(=O)c1c(C)nn(CC(=O)NCc2cnn3cccnc23)c1C. The van der Waals surface area contributed by atoms with Crippen molar-refractivity contribution in [2.24, 2.45) is 0 Å². The van der Waals surface area contributed by atoms with Crippen molar-refractivity contribution in [3.63, 3.8) is 0 Å². The van der Waals surface area contributed by atoms with Crippen LogP contribution in [0.5, 0.6) is 0 Å². The zero-order chi connectivity index (χ0) is 17.3. The second-order valence-electron chi connectivity index (χ2n) is 5.59. The largest absolute Gasteiger partial charge is 0.350 e. The molecule has 0 aliphatic carbocycles. The summed E-state index contributed by atoms with van der Waals surface area (Å²) >= 11 is 0. The Hall–Kier alpha value is -3.03. The maximum atomic E-state index is 12.2. The summed E-state index contributed by atoms with van der Waals surface area (Å²) in [4.78, 5) is 28.0. The number of ketones is 1. The zero-order valence-corrected chi connectivity index (χ0v) is 13.8. The van der Waals surface area contributed by atoms with Gasteiger partial charge in [0.05, 0.1) is 17.5 Å². The number of aryl methyl sites for hydroxylation is 1. The average molecular weight is 326 g/mol. The van der Waals surface area contributed by atoms with Gasteiger partial charge in [-0.2, -0.15) is 10.2 Å². The Morgan fingerprint density at radius 3 is 2.79 bits per heavy atom. The van der Waals surface area contributed by atoms with Gasteiger partial charge in [-0.1, -0.05) is 0 Å². The number of carbonyl (C=O) groups is 2. The molecule has 3 aromatic heterocycles. The van der Waals surface area contributed by atoms with Gasteiger partial charge in [0.2, 0.25) is 5.91 Å². The molecular formula is C16H18N6O2. The summed E-state index contributed by atoms with van der Waals surface area (Å²) in [5.74, 6) is -0.236. The van der Waals surface area contributed by atoms with Gasteiger partial charge >= 0.3 is 0 Å². The molecule has 8 heteroatoms. The Kier molecular flexibility index (Phi) is 4.11. The minimum atomic E-state index is -0.189. The molecule has 3 heterocycles. The Morgan fingerprint density at radius 2 is 2.08 bits per heavy atom. The van der Waals surface area contributed by atoms with Gasteiger partial charge in [-0.15, -0.1) is 0 Å². The predicted molar refractivity (Wildman–Crippen MR) is 86.5 cm³/mol. The van der Waals surface area contributed by atoms with Gasteiger partial charge in [-0.3, -0.25) is 14.3 Å². The molecule has 24 heavy (non-hydrogen) atoms. The highest BCUT2D eigenvalue weighted by atomic mass is 16.2. The lowest BCUT2D eigenvalue weighted by molar-refractivity contribution is -0.122. The molecule has 0 saturated heterocycles. The lowest BCUT2D eigenvalue weighted by atomic mass is 10.1. The molecule has 1 amide bonds. The van der Waals surface area contributed by atoms with Gasteiger partial charge < -0.3 is 5.32 Å². The molecule has 0 aromatic carbocycles. The molecule has 0 aliphatic rings. The van der Waals surface area contributed by atoms with Crippen LogP contribution in [0.2, 0.25) is 0 Å². The number of hydrogen-bond acceptors (Lipinski definition) is 5. The number of amides is 1. The van der Waals surface area contributed by atoms with E-state index in [0.717, 1.165) is 5.56 Å². The van der Waals surface area contributed by atoms with Gasteiger partial charge in [0.1, 0.15) is 6.54 Å². The quantitative estimate of drug-likeness (QED) is 0.708. The summed E-state index contributed by atoms with van der Waals surface area (Å²) in [5, 5.41) is 11.3. The number of fused-ring (bicyclic) bond motifs is 1. The number of rotatable bonds is 5. The van der Waals surface area contributed by atoms with Crippen molar-refractivity contribution in [3.05, 3.63) is 47.2 Å². The van der Waals surface area contributed by atoms with Crippen LogP contribution < -0.4 is 5.32 Å². The minimum Gasteiger partial charge on any atom is -0.350 e. The monoisotopic (exact) mass is 326 g/mol. The Labute approximate surface area is 138 Å². The third-order valence-corrected chi connectivity index (χ3v) is 3.86. The molecular weight excluding hydrogens is 308 g/mol. The first-order valence-corrected chi connectivity index (χ1v) is 7.56. The van der Waals surface area contributed by atoms with E-state index in [1.807, 2.05) is 0 Å². The maximum Gasteiger partial charge on any atom is 0.242 e. The molecule has 0 radical (unpaired) electrons. The Bertz CT molecular complexity index is 924. The van der Waals surface area contributed by atoms with Crippen molar-refractivity contribution in [2.45, 2.75) is 33.9 Å². The number of nitrogens with one attached hydrogen (secondary N) is 1. The first-order chi connectivity index (χ1) is 11.5. The maximum absolute atomic E-state index is 12.2. The number of aromatic nitrogens is 5. The predicted octanol–water partition coefficient (Wildman–Crippen LogP) is 1.06. The second kappa shape index (κ2) is 6.23. The molecule has 3 aromatic rings. The molecule has 8 nitrogen and oxygen atoms in total. The smallest absolute Gasteiger partial charge is 0.242 e. The fourth-order valence-electron chi connectivity index (χ4n) is 2.75. The van der Waals surface area contributed by atoms with Crippen LogP contribution in [0.4, 0.5) is 0 Å². The van der Waals surface area contributed by atoms with E-state index in [1.165, 1.54) is 6.92 Å². The lowest BCUT2D eigenvalue weighted by Gasteiger charge is -2.06. The molecule has 0 saturated carbocycles. The number of carbonyl (C=O) groups excluding carboxylic acids is 2. The van der Waals surface area contributed by atoms with Gasteiger partial charge in [0.25, 0.3) is 0 Å². The van der Waals surface area contributed by atoms with Crippen molar-refractivity contribution in [2.75, 3.05) is 0 Å². The van der Waals surface area contributed by atoms with Crippen molar-refractivity contribution in [1.29, 1.82) is 0 Å². The van der Waals surface area contributed by atoms with E-state index < -0.39 is 0 Å². The number of hydrogen-bond donors (Lipinski definition) is 1. The van der Waals surface area contributed by atoms with Gasteiger partial charge in [-0.05, 0) is 26.8 Å². The van der Waals surface area contributed by atoms with E-state index in [4.69, 9.17) is 0 Å². The number of Topliss-reactive ketones (excluding diaryl/α,β-unsaturated/α-hetero) is 1. The van der Waals surface area contributed by atoms with Crippen molar-refractivity contribution >= 4 is 17.3 Å². The van der Waals surface area contributed by atoms with Crippen LogP contribution in [0.1, 0.15) is 34.2 Å². The molecule has 0 bridgehead atoms. The zero-order valence-electron chi connectivity index (χ0n) is 13.8. The lowest BCUT2D eigenvalue weighted by Crippen LogP contribution is -2.28. The summed E-state index contributed by atoms with van der Waals surface area (Å²) < 4.78 is 3.21. The summed E-state index contributed by atoms with van der Waals surface area (Å²) in [5.41, 5.74) is 3.46. The Morgan fingerprint density at radius 1 is 1.29 bits per heavy atom. The number of nitrogens with zero attached hydrogens (tertiary/aromatic N) is 5. The first kappa shape index (κ1) is 15.9. The molecule has 124 valence electrons. The van der Waals surface area contributed by atoms with E-state index in [-0.39, 0.29) is 18.2 Å². The average Bonchev–Trinajstić information content (AvgIpc) is 3.06. The van der Waals surface area contributed by atoms with Crippen LogP contribution in [0, 0.1) is 13.8 Å². The van der Waals surface area contributed by atoms with E-state index in [1.54, 1.807) is 47.7 Å². The van der Waals surface area contributed by atoms with E-state index in [0.29, 0.717) is 29.1 Å². The van der Waals surface area contributed by atoms with Gasteiger partial charge in [0.15, 0.2) is 11.4 Å². The molecule has 0 atom stereocenters. The third kappa shape index (κ3) is 2.90. The summed E-state index contributed by atoms with van der Waals surface area (Å²) in [6, 6.07) is 1.79. The summed E-state index contributed by atoms with van der Waals surface area (Å²) in [7, 11) is 0. The fourth-order valence-corrected chi connectivity index (χ4v) is 2.75. The molecule has 3 rings (SSSR count). The molecule has 0 unspecified atom stereocenters. The molecule has 0 fully saturated rings. The first-order valence-electron chi connectivity index (χ1n) is 7.56. The van der Waals surface area contributed by atoms with Crippen LogP contribution >= 0.6 is 0 Å². The standard InChI is InChI=1S/C16H18N6O2/c1-10-15(12(3)23)11(2)22(20-10)9-14(24)18-7-13-8-19-21-6-4-5-17-16(13)21/h4-6,8H,7,9H2,1-3H3,(H,18,24). The highest BCUT2D eigenvalue weighted by Crippen LogP contribution is 2.13. The molecule has 1 N–H and O–H groups in total. The molecule has 0 aliphatic heterocycles. The van der Waals surface area contributed by atoms with Crippen molar-refractivity contribution in [3.8, 4) is 0 Å². The van der Waals surface area contributed by atoms with E-state index in [9.17, 15) is 9.59 Å². The normalized spacial score (nSPS) is 11.0. The summed E-state index contributed by atoms with van der Waals surface area (Å²) in [6.45, 7) is 5.45. The van der Waals surface area contributed by atoms with E-state index in [2.05, 4.69) is 20.5 Å². The summed E-state index contributed by atoms with van der Waals surface area (Å²) in [6.07, 6.45) is 5.16. The van der Waals surface area contributed by atoms with Gasteiger partial charge in [0, 0.05) is 30.2 Å².